The molecule has 0 aliphatic heterocycles. The molecule has 0 bridgehead atoms. The summed E-state index contributed by atoms with van der Waals surface area (Å²) in [6.45, 7) is 0. The van der Waals surface area contributed by atoms with Gasteiger partial charge in [0.2, 0.25) is 23.6 Å². The molecule has 0 spiro atoms. The van der Waals surface area contributed by atoms with E-state index in [1.807, 2.05) is 36.6 Å². The third-order valence-electron chi connectivity index (χ3n) is 5.91. The van der Waals surface area contributed by atoms with Crippen LogP contribution in [0.5, 0.6) is 5.75 Å². The summed E-state index contributed by atoms with van der Waals surface area (Å²) in [5.74, 6) is -3.98. The molecule has 12 nitrogen and oxygen atoms in total. The van der Waals surface area contributed by atoms with Crippen molar-refractivity contribution < 1.29 is 34.2 Å². The summed E-state index contributed by atoms with van der Waals surface area (Å²) >= 11 is 1.46. The topological polar surface area (TPSA) is 214 Å². The molecule has 0 radical (unpaired) electrons. The Balaban J connectivity index is 2.21. The second-order valence-electron chi connectivity index (χ2n) is 9.14. The van der Waals surface area contributed by atoms with Gasteiger partial charge < -0.3 is 37.6 Å². The number of carbonyl (C=O) groups is 5. The molecule has 4 unspecified atom stereocenters. The summed E-state index contributed by atoms with van der Waals surface area (Å²) in [4.78, 5) is 62.2. The van der Waals surface area contributed by atoms with Gasteiger partial charge in [0, 0.05) is 6.42 Å². The molecule has 4 atom stereocenters. The molecular weight excluding hydrogens is 538 g/mol. The minimum absolute atomic E-state index is 0.00660. The Morgan fingerprint density at radius 2 is 1.35 bits per heavy atom. The van der Waals surface area contributed by atoms with Crippen LogP contribution in [0.15, 0.2) is 54.6 Å². The van der Waals surface area contributed by atoms with Crippen LogP contribution in [-0.2, 0) is 36.8 Å². The first-order valence-electron chi connectivity index (χ1n) is 12.5. The summed E-state index contributed by atoms with van der Waals surface area (Å²) in [7, 11) is 0. The molecule has 0 fully saturated rings. The zero-order chi connectivity index (χ0) is 29.7. The number of carboxylic acid groups (broad SMARTS) is 1. The van der Waals surface area contributed by atoms with Gasteiger partial charge in [0.1, 0.15) is 23.9 Å². The molecule has 2 rings (SSSR count). The molecule has 4 amide bonds. The molecule has 2 aromatic carbocycles. The number of aliphatic carboxylic acids is 1. The summed E-state index contributed by atoms with van der Waals surface area (Å²) in [6.07, 6.45) is 1.61. The van der Waals surface area contributed by atoms with E-state index in [1.165, 1.54) is 36.0 Å². The lowest BCUT2D eigenvalue weighted by molar-refractivity contribution is -0.143. The van der Waals surface area contributed by atoms with E-state index in [2.05, 4.69) is 16.0 Å². The second-order valence-corrected chi connectivity index (χ2v) is 10.1. The highest BCUT2D eigenvalue weighted by Gasteiger charge is 2.31. The Kier molecular flexibility index (Phi) is 12.9. The van der Waals surface area contributed by atoms with E-state index in [0.29, 0.717) is 11.3 Å². The van der Waals surface area contributed by atoms with Gasteiger partial charge in [-0.15, -0.1) is 0 Å². The van der Waals surface area contributed by atoms with Gasteiger partial charge in [-0.2, -0.15) is 11.8 Å². The molecule has 2 aromatic rings. The quantitative estimate of drug-likeness (QED) is 0.140. The molecule has 0 aliphatic carbocycles. The van der Waals surface area contributed by atoms with Crippen molar-refractivity contribution in [2.75, 3.05) is 12.0 Å². The van der Waals surface area contributed by atoms with Crippen LogP contribution in [0.4, 0.5) is 0 Å². The molecule has 216 valence electrons. The van der Waals surface area contributed by atoms with Crippen molar-refractivity contribution in [3.8, 4) is 5.75 Å². The molecular formula is C27H35N5O7S. The van der Waals surface area contributed by atoms with Gasteiger partial charge >= 0.3 is 5.97 Å². The number of amides is 4. The van der Waals surface area contributed by atoms with Crippen molar-refractivity contribution in [2.45, 2.75) is 49.9 Å². The van der Waals surface area contributed by atoms with Crippen LogP contribution in [0.1, 0.15) is 24.0 Å². The van der Waals surface area contributed by atoms with Gasteiger partial charge in [-0.1, -0.05) is 42.5 Å². The fourth-order valence-corrected chi connectivity index (χ4v) is 4.24. The maximum atomic E-state index is 13.3. The number of carbonyl (C=O) groups excluding carboxylic acids is 4. The number of phenolic OH excluding ortho intramolecular Hbond substituents is 1. The predicted molar refractivity (Wildman–Crippen MR) is 150 cm³/mol. The number of hydrogen-bond donors (Lipinski definition) is 7. The summed E-state index contributed by atoms with van der Waals surface area (Å²) in [6, 6.07) is 10.2. The van der Waals surface area contributed by atoms with Gasteiger partial charge in [0.25, 0.3) is 0 Å². The number of phenols is 1. The normalized spacial score (nSPS) is 13.8. The van der Waals surface area contributed by atoms with Crippen molar-refractivity contribution >= 4 is 41.4 Å². The standard InChI is InChI=1S/C27H35N5O7S/c1-40-12-11-20(30-24(35)19(28)13-16-5-3-2-4-6-16)25(36)31-21(14-17-7-9-18(33)10-8-17)26(37)32-22(27(38)39)15-23(29)34/h2-10,19-22,33H,11-15,28H2,1H3,(H2,29,34)(H,30,35)(H,31,36)(H,32,37)(H,38,39). The van der Waals surface area contributed by atoms with E-state index in [9.17, 15) is 34.2 Å². The number of carboxylic acids is 1. The van der Waals surface area contributed by atoms with E-state index in [1.54, 1.807) is 0 Å². The van der Waals surface area contributed by atoms with E-state index in [-0.39, 0.29) is 25.0 Å². The van der Waals surface area contributed by atoms with Crippen LogP contribution in [0.25, 0.3) is 0 Å². The van der Waals surface area contributed by atoms with Crippen molar-refractivity contribution in [3.05, 3.63) is 65.7 Å². The largest absolute Gasteiger partial charge is 0.508 e. The van der Waals surface area contributed by atoms with Gasteiger partial charge in [-0.05, 0) is 48.1 Å². The third-order valence-corrected chi connectivity index (χ3v) is 6.55. The van der Waals surface area contributed by atoms with Crippen LogP contribution < -0.4 is 27.4 Å². The maximum Gasteiger partial charge on any atom is 0.326 e. The summed E-state index contributed by atoms with van der Waals surface area (Å²) in [5.41, 5.74) is 12.6. The zero-order valence-electron chi connectivity index (χ0n) is 22.0. The Hall–Kier alpha value is -4.10. The number of hydrogen-bond acceptors (Lipinski definition) is 8. The Labute approximate surface area is 236 Å². The Morgan fingerprint density at radius 1 is 0.800 bits per heavy atom. The monoisotopic (exact) mass is 573 g/mol. The molecule has 13 heteroatoms. The number of nitrogens with one attached hydrogen (secondary N) is 3. The van der Waals surface area contributed by atoms with Gasteiger partial charge in [-0.25, -0.2) is 4.79 Å². The fourth-order valence-electron chi connectivity index (χ4n) is 3.77. The number of nitrogens with two attached hydrogens (primary N) is 2. The third kappa shape index (κ3) is 10.9. The van der Waals surface area contributed by atoms with Crippen LogP contribution in [-0.4, -0.2) is 76.0 Å². The summed E-state index contributed by atoms with van der Waals surface area (Å²) in [5, 5.41) is 26.5. The van der Waals surface area contributed by atoms with Crippen LogP contribution in [0.3, 0.4) is 0 Å². The number of rotatable bonds is 16. The number of aromatic hydroxyl groups is 1. The summed E-state index contributed by atoms with van der Waals surface area (Å²) < 4.78 is 0. The highest BCUT2D eigenvalue weighted by atomic mass is 32.2. The number of thioether (sulfide) groups is 1. The van der Waals surface area contributed by atoms with Gasteiger partial charge in [0.15, 0.2) is 0 Å². The molecule has 0 saturated heterocycles. The van der Waals surface area contributed by atoms with Crippen molar-refractivity contribution in [3.63, 3.8) is 0 Å². The maximum absolute atomic E-state index is 13.3. The lowest BCUT2D eigenvalue weighted by Gasteiger charge is -2.25. The SMILES string of the molecule is CSCCC(NC(=O)C(N)Cc1ccccc1)C(=O)NC(Cc1ccc(O)cc1)C(=O)NC(CC(N)=O)C(=O)O. The minimum atomic E-state index is -1.60. The Bertz CT molecular complexity index is 1160. The van der Waals surface area contributed by atoms with Gasteiger partial charge in [0.05, 0.1) is 12.5 Å². The molecule has 40 heavy (non-hydrogen) atoms. The number of benzene rings is 2. The molecule has 0 aromatic heterocycles. The van der Waals surface area contributed by atoms with Crippen molar-refractivity contribution in [1.82, 2.24) is 16.0 Å². The van der Waals surface area contributed by atoms with E-state index >= 15 is 0 Å². The van der Waals surface area contributed by atoms with Crippen LogP contribution in [0.2, 0.25) is 0 Å². The van der Waals surface area contributed by atoms with Crippen molar-refractivity contribution in [1.29, 1.82) is 0 Å². The highest BCUT2D eigenvalue weighted by Crippen LogP contribution is 2.12. The second kappa shape index (κ2) is 16.1. The smallest absolute Gasteiger partial charge is 0.326 e. The van der Waals surface area contributed by atoms with Gasteiger partial charge in [-0.3, -0.25) is 19.2 Å². The van der Waals surface area contributed by atoms with Crippen molar-refractivity contribution in [2.24, 2.45) is 11.5 Å². The minimum Gasteiger partial charge on any atom is -0.508 e. The van der Waals surface area contributed by atoms with E-state index in [0.717, 1.165) is 5.56 Å². The molecule has 0 aliphatic rings. The predicted octanol–water partition coefficient (Wildman–Crippen LogP) is -0.328. The molecule has 0 heterocycles. The first kappa shape index (κ1) is 32.1. The van der Waals surface area contributed by atoms with E-state index in [4.69, 9.17) is 11.5 Å². The molecule has 0 saturated carbocycles. The van der Waals surface area contributed by atoms with E-state index < -0.39 is 60.2 Å². The average Bonchev–Trinajstić information content (AvgIpc) is 2.91. The average molecular weight is 574 g/mol. The van der Waals surface area contributed by atoms with Crippen LogP contribution in [0, 0.1) is 0 Å². The zero-order valence-corrected chi connectivity index (χ0v) is 22.9. The Morgan fingerprint density at radius 3 is 1.93 bits per heavy atom. The highest BCUT2D eigenvalue weighted by molar-refractivity contribution is 7.98. The first-order chi connectivity index (χ1) is 19.0. The first-order valence-corrected chi connectivity index (χ1v) is 13.9. The lowest BCUT2D eigenvalue weighted by atomic mass is 10.0. The molecule has 9 N–H and O–H groups in total. The van der Waals surface area contributed by atoms with Crippen LogP contribution >= 0.6 is 11.8 Å². The fraction of sp³-hybridized carbons (Fsp3) is 0.370. The lowest BCUT2D eigenvalue weighted by Crippen LogP contribution is -2.58. The number of primary amides is 1.